The minimum absolute atomic E-state index is 0.199. The second-order valence-corrected chi connectivity index (χ2v) is 5.59. The zero-order valence-electron chi connectivity index (χ0n) is 6.18. The Bertz CT molecular complexity index is 53.5. The minimum atomic E-state index is -0.199. The lowest BCUT2D eigenvalue weighted by Gasteiger charge is -2.19. The van der Waals surface area contributed by atoms with Crippen molar-refractivity contribution in [3.05, 3.63) is 0 Å². The quantitative estimate of drug-likeness (QED) is 0.574. The number of hydrogen-bond donors (Lipinski definition) is 1. The molecule has 0 saturated carbocycles. The second kappa shape index (κ2) is 3.42. The lowest BCUT2D eigenvalue weighted by atomic mass is 10.5. The fraction of sp³-hybridized carbons (Fsp3) is 1.00. The normalized spacial score (nSPS) is 12.0. The molecule has 0 aromatic heterocycles. The van der Waals surface area contributed by atoms with Gasteiger partial charge in [-0.3, -0.25) is 0 Å². The van der Waals surface area contributed by atoms with Gasteiger partial charge in [0.25, 0.3) is 0 Å². The Labute approximate surface area is 53.5 Å². The Morgan fingerprint density at radius 3 is 1.25 bits per heavy atom. The van der Waals surface area contributed by atoms with Gasteiger partial charge in [-0.1, -0.05) is 27.7 Å². The highest BCUT2D eigenvalue weighted by molar-refractivity contribution is 7.56. The summed E-state index contributed by atoms with van der Waals surface area (Å²) < 4.78 is 0. The molecule has 0 aliphatic heterocycles. The largest absolute Gasteiger partial charge is 0.309 e. The molecule has 0 unspecified atom stereocenters. The molecule has 0 saturated heterocycles. The first-order valence-electron chi connectivity index (χ1n) is 3.08. The first kappa shape index (κ1) is 8.39. The van der Waals surface area contributed by atoms with Crippen LogP contribution < -0.4 is 5.50 Å². The van der Waals surface area contributed by atoms with Crippen LogP contribution in [0.25, 0.3) is 0 Å². The van der Waals surface area contributed by atoms with E-state index in [1.807, 2.05) is 0 Å². The molecule has 1 nitrogen and oxygen atoms in total. The van der Waals surface area contributed by atoms with Crippen molar-refractivity contribution in [2.24, 2.45) is 5.50 Å². The summed E-state index contributed by atoms with van der Waals surface area (Å²) in [7, 11) is -0.199. The third kappa shape index (κ3) is 2.64. The van der Waals surface area contributed by atoms with E-state index in [-0.39, 0.29) is 8.07 Å². The van der Waals surface area contributed by atoms with E-state index in [2.05, 4.69) is 27.7 Å². The molecule has 0 aliphatic rings. The molecule has 0 atom stereocenters. The van der Waals surface area contributed by atoms with Gasteiger partial charge in [-0.15, -0.1) is 0 Å². The standard InChI is InChI=1S/C6H16NP/c1-5(2)8(7)6(3)4/h5-6H,7H2,1-4H3. The SMILES string of the molecule is CC(C)P(N)C(C)C. The predicted molar refractivity (Wildman–Crippen MR) is 41.4 cm³/mol. The molecule has 0 aromatic carbocycles. The van der Waals surface area contributed by atoms with Gasteiger partial charge in [-0.2, -0.15) is 0 Å². The average Bonchev–Trinajstić information content (AvgIpc) is 1.64. The maximum absolute atomic E-state index is 5.82. The van der Waals surface area contributed by atoms with Crippen molar-refractivity contribution >= 4 is 8.07 Å². The summed E-state index contributed by atoms with van der Waals surface area (Å²) in [5.74, 6) is 0. The number of hydrogen-bond acceptors (Lipinski definition) is 1. The van der Waals surface area contributed by atoms with Gasteiger partial charge < -0.3 is 5.50 Å². The van der Waals surface area contributed by atoms with Gasteiger partial charge >= 0.3 is 0 Å². The first-order valence-corrected chi connectivity index (χ1v) is 4.63. The van der Waals surface area contributed by atoms with Gasteiger partial charge in [0, 0.05) is 0 Å². The van der Waals surface area contributed by atoms with Gasteiger partial charge in [0.1, 0.15) is 0 Å². The van der Waals surface area contributed by atoms with Crippen LogP contribution in [0.1, 0.15) is 27.7 Å². The topological polar surface area (TPSA) is 26.0 Å². The van der Waals surface area contributed by atoms with E-state index in [1.165, 1.54) is 0 Å². The molecular weight excluding hydrogens is 117 g/mol. The van der Waals surface area contributed by atoms with Gasteiger partial charge in [-0.05, 0) is 19.4 Å². The third-order valence-electron chi connectivity index (χ3n) is 1.19. The van der Waals surface area contributed by atoms with E-state index in [1.54, 1.807) is 0 Å². The van der Waals surface area contributed by atoms with Crippen LogP contribution in [0.3, 0.4) is 0 Å². The number of nitrogens with two attached hydrogens (primary N) is 1. The molecule has 2 N–H and O–H groups in total. The van der Waals surface area contributed by atoms with Gasteiger partial charge in [0.15, 0.2) is 0 Å². The highest BCUT2D eigenvalue weighted by Crippen LogP contribution is 2.36. The molecule has 8 heavy (non-hydrogen) atoms. The smallest absolute Gasteiger partial charge is 0.0135 e. The van der Waals surface area contributed by atoms with E-state index in [0.29, 0.717) is 11.3 Å². The third-order valence-corrected chi connectivity index (χ3v) is 3.58. The monoisotopic (exact) mass is 133 g/mol. The molecule has 0 bridgehead atoms. The van der Waals surface area contributed by atoms with Crippen LogP contribution in [0.4, 0.5) is 0 Å². The minimum Gasteiger partial charge on any atom is -0.309 e. The van der Waals surface area contributed by atoms with E-state index in [9.17, 15) is 0 Å². The zero-order valence-corrected chi connectivity index (χ0v) is 7.07. The lowest BCUT2D eigenvalue weighted by molar-refractivity contribution is 1.01. The van der Waals surface area contributed by atoms with Crippen molar-refractivity contribution in [1.29, 1.82) is 0 Å². The molecule has 0 radical (unpaired) electrons. The summed E-state index contributed by atoms with van der Waals surface area (Å²) in [6.07, 6.45) is 0. The van der Waals surface area contributed by atoms with Crippen LogP contribution in [0.15, 0.2) is 0 Å². The summed E-state index contributed by atoms with van der Waals surface area (Å²) in [5, 5.41) is 0. The molecule has 0 aromatic rings. The van der Waals surface area contributed by atoms with Crippen molar-refractivity contribution in [2.75, 3.05) is 0 Å². The van der Waals surface area contributed by atoms with Crippen molar-refractivity contribution in [3.8, 4) is 0 Å². The molecular formula is C6H16NP. The molecule has 0 amide bonds. The van der Waals surface area contributed by atoms with Gasteiger partial charge in [-0.25, -0.2) is 0 Å². The second-order valence-electron chi connectivity index (χ2n) is 2.63. The Morgan fingerprint density at radius 1 is 1.00 bits per heavy atom. The van der Waals surface area contributed by atoms with Crippen LogP contribution in [0, 0.1) is 0 Å². The molecule has 0 rings (SSSR count). The van der Waals surface area contributed by atoms with Gasteiger partial charge in [0.2, 0.25) is 0 Å². The molecule has 2 heteroatoms. The van der Waals surface area contributed by atoms with Gasteiger partial charge in [0.05, 0.1) is 0 Å². The molecule has 0 fully saturated rings. The summed E-state index contributed by atoms with van der Waals surface area (Å²) in [5.41, 5.74) is 7.19. The van der Waals surface area contributed by atoms with Crippen LogP contribution in [0.5, 0.6) is 0 Å². The summed E-state index contributed by atoms with van der Waals surface area (Å²) >= 11 is 0. The number of rotatable bonds is 2. The highest BCUT2D eigenvalue weighted by Gasteiger charge is 2.09. The Morgan fingerprint density at radius 2 is 1.25 bits per heavy atom. The molecule has 0 aliphatic carbocycles. The summed E-state index contributed by atoms with van der Waals surface area (Å²) in [6, 6.07) is 0. The van der Waals surface area contributed by atoms with Crippen LogP contribution in [-0.2, 0) is 0 Å². The van der Waals surface area contributed by atoms with E-state index in [4.69, 9.17) is 5.50 Å². The van der Waals surface area contributed by atoms with Crippen LogP contribution >= 0.6 is 8.07 Å². The fourth-order valence-electron chi connectivity index (χ4n) is 0.596. The van der Waals surface area contributed by atoms with Crippen molar-refractivity contribution in [1.82, 2.24) is 0 Å². The summed E-state index contributed by atoms with van der Waals surface area (Å²) in [6.45, 7) is 8.74. The molecule has 50 valence electrons. The van der Waals surface area contributed by atoms with Crippen LogP contribution in [0.2, 0.25) is 0 Å². The van der Waals surface area contributed by atoms with Crippen molar-refractivity contribution in [3.63, 3.8) is 0 Å². The Hall–Kier alpha value is 0.390. The lowest BCUT2D eigenvalue weighted by Crippen LogP contribution is -2.09. The van der Waals surface area contributed by atoms with E-state index >= 15 is 0 Å². The van der Waals surface area contributed by atoms with E-state index in [0.717, 1.165) is 0 Å². The maximum Gasteiger partial charge on any atom is -0.0135 e. The highest BCUT2D eigenvalue weighted by atomic mass is 31.1. The van der Waals surface area contributed by atoms with Crippen molar-refractivity contribution < 1.29 is 0 Å². The Kier molecular flexibility index (Phi) is 3.59. The molecule has 0 spiro atoms. The molecule has 0 heterocycles. The maximum atomic E-state index is 5.82. The van der Waals surface area contributed by atoms with Crippen molar-refractivity contribution in [2.45, 2.75) is 39.0 Å². The zero-order chi connectivity index (χ0) is 6.73. The Balaban J connectivity index is 3.46. The fourth-order valence-corrected chi connectivity index (χ4v) is 1.79. The summed E-state index contributed by atoms with van der Waals surface area (Å²) in [4.78, 5) is 0. The van der Waals surface area contributed by atoms with E-state index < -0.39 is 0 Å². The van der Waals surface area contributed by atoms with Crippen LogP contribution in [-0.4, -0.2) is 11.3 Å². The first-order chi connectivity index (χ1) is 3.55. The predicted octanol–water partition coefficient (Wildman–Crippen LogP) is 2.16. The average molecular weight is 133 g/mol.